The number of nitrogens with zero attached hydrogens (tertiary/aromatic N) is 3. The van der Waals surface area contributed by atoms with Crippen LogP contribution >= 0.6 is 11.8 Å². The highest BCUT2D eigenvalue weighted by atomic mass is 32.2. The van der Waals surface area contributed by atoms with Gasteiger partial charge in [-0.15, -0.1) is 10.2 Å². The first-order chi connectivity index (χ1) is 13.5. The lowest BCUT2D eigenvalue weighted by atomic mass is 10.1. The van der Waals surface area contributed by atoms with Crippen molar-refractivity contribution in [3.63, 3.8) is 0 Å². The highest BCUT2D eigenvalue weighted by molar-refractivity contribution is 7.99. The number of amides is 2. The first-order valence-corrected chi connectivity index (χ1v) is 9.53. The molecule has 3 aromatic rings. The van der Waals surface area contributed by atoms with Gasteiger partial charge in [0.1, 0.15) is 0 Å². The van der Waals surface area contributed by atoms with Gasteiger partial charge in [-0.05, 0) is 29.8 Å². The third-order valence-electron chi connectivity index (χ3n) is 3.76. The quantitative estimate of drug-likeness (QED) is 0.417. The highest BCUT2D eigenvalue weighted by Gasteiger charge is 2.13. The Kier molecular flexibility index (Phi) is 6.28. The van der Waals surface area contributed by atoms with Crippen LogP contribution in [-0.4, -0.2) is 32.4 Å². The molecular formula is C19H20N6O2S. The number of nitrogens with two attached hydrogens (primary N) is 1. The van der Waals surface area contributed by atoms with Gasteiger partial charge >= 0.3 is 0 Å². The van der Waals surface area contributed by atoms with E-state index in [1.807, 2.05) is 30.3 Å². The van der Waals surface area contributed by atoms with Gasteiger partial charge < -0.3 is 16.5 Å². The molecule has 2 amide bonds. The number of carbonyl (C=O) groups excluding carboxylic acids is 2. The van der Waals surface area contributed by atoms with E-state index >= 15 is 0 Å². The number of hydrogen-bond acceptors (Lipinski definition) is 6. The van der Waals surface area contributed by atoms with Crippen LogP contribution in [0.5, 0.6) is 0 Å². The molecular weight excluding hydrogens is 376 g/mol. The maximum absolute atomic E-state index is 12.2. The van der Waals surface area contributed by atoms with E-state index in [2.05, 4.69) is 20.8 Å². The molecule has 0 aliphatic carbocycles. The molecule has 0 aliphatic rings. The third kappa shape index (κ3) is 5.34. The molecule has 0 saturated heterocycles. The molecule has 4 N–H and O–H groups in total. The van der Waals surface area contributed by atoms with E-state index in [1.54, 1.807) is 24.3 Å². The first-order valence-electron chi connectivity index (χ1n) is 8.55. The predicted octanol–water partition coefficient (Wildman–Crippen LogP) is 2.27. The average molecular weight is 396 g/mol. The summed E-state index contributed by atoms with van der Waals surface area (Å²) in [5.74, 6) is 6.49. The molecule has 0 radical (unpaired) electrons. The van der Waals surface area contributed by atoms with Crippen LogP contribution in [0.15, 0.2) is 59.8 Å². The van der Waals surface area contributed by atoms with Crippen molar-refractivity contribution in [1.29, 1.82) is 0 Å². The molecule has 0 bridgehead atoms. The molecule has 1 aromatic heterocycles. The number of nitrogen functional groups attached to an aromatic ring is 1. The van der Waals surface area contributed by atoms with Gasteiger partial charge in [0.2, 0.25) is 17.0 Å². The maximum Gasteiger partial charge on any atom is 0.234 e. The molecule has 9 heteroatoms. The lowest BCUT2D eigenvalue weighted by molar-refractivity contribution is -0.114. The number of carbonyl (C=O) groups is 2. The van der Waals surface area contributed by atoms with Crippen molar-refractivity contribution in [2.24, 2.45) is 0 Å². The molecule has 0 unspecified atom stereocenters. The van der Waals surface area contributed by atoms with Crippen molar-refractivity contribution in [1.82, 2.24) is 14.9 Å². The van der Waals surface area contributed by atoms with Crippen molar-refractivity contribution in [3.8, 4) is 0 Å². The molecule has 0 aliphatic heterocycles. The second-order valence-corrected chi connectivity index (χ2v) is 6.97. The molecule has 144 valence electrons. The molecule has 0 atom stereocenters. The second kappa shape index (κ2) is 9.05. The summed E-state index contributed by atoms with van der Waals surface area (Å²) in [5.41, 5.74) is 2.39. The third-order valence-corrected chi connectivity index (χ3v) is 4.70. The minimum Gasteiger partial charge on any atom is -0.336 e. The molecule has 3 rings (SSSR count). The van der Waals surface area contributed by atoms with E-state index < -0.39 is 0 Å². The van der Waals surface area contributed by atoms with Gasteiger partial charge in [0.25, 0.3) is 0 Å². The molecule has 28 heavy (non-hydrogen) atoms. The molecule has 0 saturated carbocycles. The Hall–Kier alpha value is -3.33. The van der Waals surface area contributed by atoms with Crippen LogP contribution in [0.25, 0.3) is 0 Å². The Morgan fingerprint density at radius 2 is 1.64 bits per heavy atom. The summed E-state index contributed by atoms with van der Waals surface area (Å²) >= 11 is 1.21. The van der Waals surface area contributed by atoms with E-state index in [1.165, 1.54) is 23.4 Å². The number of anilines is 2. The Morgan fingerprint density at radius 3 is 2.29 bits per heavy atom. The van der Waals surface area contributed by atoms with Crippen molar-refractivity contribution in [2.75, 3.05) is 22.2 Å². The number of thioether (sulfide) groups is 1. The van der Waals surface area contributed by atoms with Crippen LogP contribution in [0.4, 0.5) is 11.4 Å². The zero-order valence-electron chi connectivity index (χ0n) is 15.3. The molecule has 0 fully saturated rings. The summed E-state index contributed by atoms with van der Waals surface area (Å²) in [4.78, 5) is 23.2. The fraction of sp³-hybridized carbons (Fsp3) is 0.158. The van der Waals surface area contributed by atoms with Gasteiger partial charge in [-0.25, -0.2) is 4.68 Å². The van der Waals surface area contributed by atoms with Crippen molar-refractivity contribution in [3.05, 3.63) is 66.0 Å². The van der Waals surface area contributed by atoms with Gasteiger partial charge in [0.15, 0.2) is 5.82 Å². The lowest BCUT2D eigenvalue weighted by Gasteiger charge is -2.07. The van der Waals surface area contributed by atoms with Gasteiger partial charge in [-0.1, -0.05) is 42.1 Å². The van der Waals surface area contributed by atoms with E-state index in [9.17, 15) is 9.59 Å². The highest BCUT2D eigenvalue weighted by Crippen LogP contribution is 2.18. The van der Waals surface area contributed by atoms with Crippen molar-refractivity contribution >= 4 is 35.0 Å². The summed E-state index contributed by atoms with van der Waals surface area (Å²) in [6.07, 6.45) is 0.567. The van der Waals surface area contributed by atoms with Crippen LogP contribution in [0.3, 0.4) is 0 Å². The molecule has 2 aromatic carbocycles. The van der Waals surface area contributed by atoms with Crippen LogP contribution in [0, 0.1) is 0 Å². The van der Waals surface area contributed by atoms with Crippen LogP contribution in [-0.2, 0) is 16.0 Å². The summed E-state index contributed by atoms with van der Waals surface area (Å²) in [6.45, 7) is 1.44. The van der Waals surface area contributed by atoms with E-state index in [4.69, 9.17) is 5.84 Å². The largest absolute Gasteiger partial charge is 0.336 e. The summed E-state index contributed by atoms with van der Waals surface area (Å²) in [5, 5.41) is 14.1. The summed E-state index contributed by atoms with van der Waals surface area (Å²) < 4.78 is 1.41. The summed E-state index contributed by atoms with van der Waals surface area (Å²) in [7, 11) is 0. The zero-order valence-corrected chi connectivity index (χ0v) is 16.1. The number of rotatable bonds is 7. The standard InChI is InChI=1S/C19H20N6O2S/c1-13(26)21-15-7-9-16(10-8-15)22-18(27)12-28-19-24-23-17(25(19)20)11-14-5-3-2-4-6-14/h2-10H,11-12,20H2,1H3,(H,21,26)(H,22,27). The number of nitrogens with one attached hydrogen (secondary N) is 2. The summed E-state index contributed by atoms with van der Waals surface area (Å²) in [6, 6.07) is 16.7. The van der Waals surface area contributed by atoms with Crippen molar-refractivity contribution < 1.29 is 9.59 Å². The Balaban J connectivity index is 1.52. The number of aromatic nitrogens is 3. The monoisotopic (exact) mass is 396 g/mol. The predicted molar refractivity (Wildman–Crippen MR) is 110 cm³/mol. The normalized spacial score (nSPS) is 10.5. The molecule has 8 nitrogen and oxygen atoms in total. The Morgan fingerprint density at radius 1 is 1.00 bits per heavy atom. The SMILES string of the molecule is CC(=O)Nc1ccc(NC(=O)CSc2nnc(Cc3ccccc3)n2N)cc1. The van der Waals surface area contributed by atoms with Crippen molar-refractivity contribution in [2.45, 2.75) is 18.5 Å². The zero-order chi connectivity index (χ0) is 19.9. The lowest BCUT2D eigenvalue weighted by Crippen LogP contribution is -2.17. The van der Waals surface area contributed by atoms with E-state index in [0.717, 1.165) is 5.56 Å². The van der Waals surface area contributed by atoms with Gasteiger partial charge in [-0.2, -0.15) is 0 Å². The van der Waals surface area contributed by atoms with Gasteiger partial charge in [0, 0.05) is 24.7 Å². The second-order valence-electron chi connectivity index (χ2n) is 6.03. The molecule has 1 heterocycles. The fourth-order valence-corrected chi connectivity index (χ4v) is 3.15. The minimum atomic E-state index is -0.190. The first kappa shape index (κ1) is 19.4. The Labute approximate surface area is 166 Å². The average Bonchev–Trinajstić information content (AvgIpc) is 3.02. The fourth-order valence-electron chi connectivity index (χ4n) is 2.47. The Bertz CT molecular complexity index is 956. The number of benzene rings is 2. The molecule has 0 spiro atoms. The van der Waals surface area contributed by atoms with E-state index in [0.29, 0.717) is 28.8 Å². The van der Waals surface area contributed by atoms with Crippen LogP contribution in [0.2, 0.25) is 0 Å². The van der Waals surface area contributed by atoms with E-state index in [-0.39, 0.29) is 17.6 Å². The topological polar surface area (TPSA) is 115 Å². The van der Waals surface area contributed by atoms with Crippen LogP contribution in [0.1, 0.15) is 18.3 Å². The minimum absolute atomic E-state index is 0.147. The maximum atomic E-state index is 12.2. The van der Waals surface area contributed by atoms with Gasteiger partial charge in [-0.3, -0.25) is 9.59 Å². The smallest absolute Gasteiger partial charge is 0.234 e. The number of hydrogen-bond donors (Lipinski definition) is 3. The van der Waals surface area contributed by atoms with Crippen LogP contribution < -0.4 is 16.5 Å². The van der Waals surface area contributed by atoms with Gasteiger partial charge in [0.05, 0.1) is 5.75 Å².